The normalized spacial score (nSPS) is 25.5. The Balaban J connectivity index is 2.48. The summed E-state index contributed by atoms with van der Waals surface area (Å²) in [6, 6.07) is -0.117. The third-order valence-corrected chi connectivity index (χ3v) is 2.92. The van der Waals surface area contributed by atoms with Gasteiger partial charge in [0, 0.05) is 19.1 Å². The number of hydrogen-bond donors (Lipinski definition) is 1. The van der Waals surface area contributed by atoms with E-state index < -0.39 is 0 Å². The first-order valence-electron chi connectivity index (χ1n) is 5.82. The van der Waals surface area contributed by atoms with Crippen molar-refractivity contribution < 1.29 is 9.53 Å². The van der Waals surface area contributed by atoms with Crippen molar-refractivity contribution in [1.29, 1.82) is 0 Å². The Morgan fingerprint density at radius 3 is 2.67 bits per heavy atom. The van der Waals surface area contributed by atoms with Gasteiger partial charge in [-0.25, -0.2) is 0 Å². The van der Waals surface area contributed by atoms with Crippen LogP contribution < -0.4 is 5.73 Å². The maximum absolute atomic E-state index is 12.1. The van der Waals surface area contributed by atoms with Crippen molar-refractivity contribution in [1.82, 2.24) is 4.90 Å². The zero-order valence-electron chi connectivity index (χ0n) is 9.74. The van der Waals surface area contributed by atoms with Gasteiger partial charge in [0.25, 0.3) is 0 Å². The molecular formula is C11H22N2O2. The van der Waals surface area contributed by atoms with Crippen LogP contribution in [0.15, 0.2) is 0 Å². The Morgan fingerprint density at radius 1 is 1.47 bits per heavy atom. The quantitative estimate of drug-likeness (QED) is 0.729. The molecule has 0 bridgehead atoms. The highest BCUT2D eigenvalue weighted by Gasteiger charge is 2.33. The Kier molecular flexibility index (Phi) is 5.05. The Morgan fingerprint density at radius 2 is 2.20 bits per heavy atom. The Bertz CT molecular complexity index is 209. The number of unbranched alkanes of at least 4 members (excludes halogenated alkanes) is 1. The molecule has 15 heavy (non-hydrogen) atoms. The van der Waals surface area contributed by atoms with Crippen LogP contribution in [0, 0.1) is 5.92 Å². The summed E-state index contributed by atoms with van der Waals surface area (Å²) in [7, 11) is 0. The van der Waals surface area contributed by atoms with Gasteiger partial charge < -0.3 is 15.4 Å². The Hall–Kier alpha value is -0.610. The number of ether oxygens (including phenoxy) is 1. The summed E-state index contributed by atoms with van der Waals surface area (Å²) in [6.07, 6.45) is 2.17. The molecule has 88 valence electrons. The lowest BCUT2D eigenvalue weighted by atomic mass is 10.0. The van der Waals surface area contributed by atoms with Gasteiger partial charge in [0.2, 0.25) is 5.91 Å². The molecule has 2 N–H and O–H groups in total. The lowest BCUT2D eigenvalue weighted by Gasteiger charge is -2.25. The second-order valence-electron chi connectivity index (χ2n) is 4.08. The van der Waals surface area contributed by atoms with Crippen LogP contribution in [0.25, 0.3) is 0 Å². The van der Waals surface area contributed by atoms with E-state index in [1.807, 2.05) is 11.8 Å². The highest BCUT2D eigenvalue weighted by atomic mass is 16.5. The predicted octanol–water partition coefficient (Wildman–Crippen LogP) is 0.609. The summed E-state index contributed by atoms with van der Waals surface area (Å²) in [4.78, 5) is 14.0. The van der Waals surface area contributed by atoms with E-state index in [1.165, 1.54) is 0 Å². The van der Waals surface area contributed by atoms with Gasteiger partial charge in [-0.05, 0) is 13.3 Å². The number of carbonyl (C=O) groups is 1. The van der Waals surface area contributed by atoms with Crippen molar-refractivity contribution in [2.75, 3.05) is 26.3 Å². The zero-order chi connectivity index (χ0) is 11.3. The molecule has 1 heterocycles. The van der Waals surface area contributed by atoms with Crippen molar-refractivity contribution in [3.05, 3.63) is 0 Å². The summed E-state index contributed by atoms with van der Waals surface area (Å²) in [6.45, 7) is 6.75. The molecule has 1 aliphatic rings. The molecule has 4 nitrogen and oxygen atoms in total. The summed E-state index contributed by atoms with van der Waals surface area (Å²) in [5.74, 6) is 0.0396. The molecule has 0 radical (unpaired) electrons. The van der Waals surface area contributed by atoms with Crippen LogP contribution in [0.1, 0.15) is 26.7 Å². The molecule has 1 rings (SSSR count). The average Bonchev–Trinajstić information content (AvgIpc) is 2.65. The monoisotopic (exact) mass is 214 g/mol. The second kappa shape index (κ2) is 6.08. The molecule has 1 fully saturated rings. The number of nitrogens with two attached hydrogens (primary N) is 1. The molecule has 0 aliphatic carbocycles. The van der Waals surface area contributed by atoms with E-state index >= 15 is 0 Å². The van der Waals surface area contributed by atoms with Gasteiger partial charge in [0.05, 0.1) is 19.1 Å². The highest BCUT2D eigenvalue weighted by Crippen LogP contribution is 2.15. The zero-order valence-corrected chi connectivity index (χ0v) is 9.74. The van der Waals surface area contributed by atoms with Crippen molar-refractivity contribution >= 4 is 5.91 Å². The minimum atomic E-state index is -0.123. The van der Waals surface area contributed by atoms with E-state index in [0.29, 0.717) is 13.2 Å². The number of hydrogen-bond acceptors (Lipinski definition) is 3. The summed E-state index contributed by atoms with van der Waals surface area (Å²) in [5.41, 5.74) is 5.83. The highest BCUT2D eigenvalue weighted by molar-refractivity contribution is 5.80. The summed E-state index contributed by atoms with van der Waals surface area (Å²) < 4.78 is 5.22. The fourth-order valence-electron chi connectivity index (χ4n) is 1.83. The number of nitrogens with zero attached hydrogens (tertiary/aromatic N) is 1. The van der Waals surface area contributed by atoms with Gasteiger partial charge in [-0.1, -0.05) is 13.3 Å². The number of rotatable bonds is 5. The van der Waals surface area contributed by atoms with Crippen LogP contribution in [0.3, 0.4) is 0 Å². The molecule has 0 aromatic heterocycles. The molecule has 0 saturated carbocycles. The lowest BCUT2D eigenvalue weighted by molar-refractivity contribution is -0.135. The molecule has 1 aliphatic heterocycles. The average molecular weight is 214 g/mol. The van der Waals surface area contributed by atoms with Crippen molar-refractivity contribution in [2.45, 2.75) is 32.7 Å². The number of carbonyl (C=O) groups excluding carboxylic acids is 1. The molecule has 2 atom stereocenters. The van der Waals surface area contributed by atoms with E-state index in [9.17, 15) is 4.79 Å². The fraction of sp³-hybridized carbons (Fsp3) is 0.909. The van der Waals surface area contributed by atoms with Gasteiger partial charge in [-0.3, -0.25) is 4.79 Å². The standard InChI is InChI=1S/C11H22N2O2/c1-3-5-6-13(4-2)11(14)9-7-15-8-10(9)12/h9-10H,3-8,12H2,1-2H3. The lowest BCUT2D eigenvalue weighted by Crippen LogP contribution is -2.43. The fourth-order valence-corrected chi connectivity index (χ4v) is 1.83. The van der Waals surface area contributed by atoms with E-state index in [2.05, 4.69) is 6.92 Å². The minimum absolute atomic E-state index is 0.117. The summed E-state index contributed by atoms with van der Waals surface area (Å²) in [5, 5.41) is 0. The maximum Gasteiger partial charge on any atom is 0.229 e. The van der Waals surface area contributed by atoms with E-state index in [-0.39, 0.29) is 17.9 Å². The molecular weight excluding hydrogens is 192 g/mol. The predicted molar refractivity (Wildman–Crippen MR) is 59.4 cm³/mol. The molecule has 4 heteroatoms. The van der Waals surface area contributed by atoms with Crippen LogP contribution in [0.5, 0.6) is 0 Å². The molecule has 2 unspecified atom stereocenters. The third-order valence-electron chi connectivity index (χ3n) is 2.92. The molecule has 0 spiro atoms. The summed E-state index contributed by atoms with van der Waals surface area (Å²) >= 11 is 0. The van der Waals surface area contributed by atoms with E-state index in [0.717, 1.165) is 25.9 Å². The minimum Gasteiger partial charge on any atom is -0.379 e. The van der Waals surface area contributed by atoms with Crippen molar-refractivity contribution in [3.8, 4) is 0 Å². The van der Waals surface area contributed by atoms with Crippen LogP contribution >= 0.6 is 0 Å². The van der Waals surface area contributed by atoms with E-state index in [1.54, 1.807) is 0 Å². The third kappa shape index (κ3) is 3.18. The van der Waals surface area contributed by atoms with Gasteiger partial charge in [0.15, 0.2) is 0 Å². The van der Waals surface area contributed by atoms with E-state index in [4.69, 9.17) is 10.5 Å². The molecule has 0 aromatic carbocycles. The van der Waals surface area contributed by atoms with Crippen LogP contribution in [-0.4, -0.2) is 43.2 Å². The van der Waals surface area contributed by atoms with Crippen molar-refractivity contribution in [2.24, 2.45) is 11.7 Å². The van der Waals surface area contributed by atoms with Crippen LogP contribution in [0.4, 0.5) is 0 Å². The molecule has 1 amide bonds. The molecule has 1 saturated heterocycles. The van der Waals surface area contributed by atoms with Crippen LogP contribution in [-0.2, 0) is 9.53 Å². The van der Waals surface area contributed by atoms with Gasteiger partial charge >= 0.3 is 0 Å². The first-order chi connectivity index (χ1) is 7.20. The largest absolute Gasteiger partial charge is 0.379 e. The van der Waals surface area contributed by atoms with Gasteiger partial charge in [0.1, 0.15) is 0 Å². The number of amides is 1. The second-order valence-corrected chi connectivity index (χ2v) is 4.08. The SMILES string of the molecule is CCCCN(CC)C(=O)C1COCC1N. The Labute approximate surface area is 91.8 Å². The molecule has 0 aromatic rings. The van der Waals surface area contributed by atoms with Crippen molar-refractivity contribution in [3.63, 3.8) is 0 Å². The van der Waals surface area contributed by atoms with Crippen LogP contribution in [0.2, 0.25) is 0 Å². The first-order valence-corrected chi connectivity index (χ1v) is 5.82. The van der Waals surface area contributed by atoms with Gasteiger partial charge in [-0.2, -0.15) is 0 Å². The first kappa shape index (κ1) is 12.5. The topological polar surface area (TPSA) is 55.6 Å². The van der Waals surface area contributed by atoms with Gasteiger partial charge in [-0.15, -0.1) is 0 Å². The smallest absolute Gasteiger partial charge is 0.229 e. The maximum atomic E-state index is 12.1.